The van der Waals surface area contributed by atoms with Gasteiger partial charge < -0.3 is 14.2 Å². The molecule has 0 unspecified atom stereocenters. The monoisotopic (exact) mass is 466 g/mol. The van der Waals surface area contributed by atoms with E-state index >= 15 is 0 Å². The number of esters is 1. The van der Waals surface area contributed by atoms with Crippen LogP contribution in [0.4, 0.5) is 5.69 Å². The van der Waals surface area contributed by atoms with Crippen molar-refractivity contribution in [3.63, 3.8) is 0 Å². The number of nitrogens with one attached hydrogen (secondary N) is 1. The van der Waals surface area contributed by atoms with Crippen LogP contribution in [0, 0.1) is 11.8 Å². The molecule has 4 atom stereocenters. The Labute approximate surface area is 199 Å². The fourth-order valence-corrected chi connectivity index (χ4v) is 5.35. The van der Waals surface area contributed by atoms with E-state index in [0.29, 0.717) is 35.6 Å². The van der Waals surface area contributed by atoms with Crippen LogP contribution in [0.5, 0.6) is 11.5 Å². The zero-order chi connectivity index (χ0) is 24.5. The van der Waals surface area contributed by atoms with Crippen molar-refractivity contribution in [2.24, 2.45) is 11.8 Å². The number of nitrogens with zero attached hydrogens (tertiary/aromatic N) is 1. The summed E-state index contributed by atoms with van der Waals surface area (Å²) in [5.41, 5.74) is -0.167. The minimum atomic E-state index is -1.33. The third-order valence-corrected chi connectivity index (χ3v) is 6.73. The van der Waals surface area contributed by atoms with Gasteiger partial charge in [0, 0.05) is 17.7 Å². The van der Waals surface area contributed by atoms with Crippen LogP contribution in [0.25, 0.3) is 0 Å². The highest BCUT2D eigenvalue weighted by atomic mass is 16.5. The minimum absolute atomic E-state index is 0.171. The average molecular weight is 467 g/mol. The largest absolute Gasteiger partial charge is 0.497 e. The maximum absolute atomic E-state index is 13.8. The number of anilines is 1. The van der Waals surface area contributed by atoms with Crippen molar-refractivity contribution >= 4 is 23.5 Å². The van der Waals surface area contributed by atoms with Crippen molar-refractivity contribution in [2.45, 2.75) is 38.3 Å². The molecule has 0 saturated carbocycles. The third-order valence-electron chi connectivity index (χ3n) is 6.73. The molecule has 2 aliphatic rings. The van der Waals surface area contributed by atoms with E-state index in [4.69, 9.17) is 14.2 Å². The Kier molecular flexibility index (Phi) is 6.61. The number of carbonyl (C=O) groups excluding carboxylic acids is 3. The standard InChI is InChI=1S/C26H30N2O6/c1-5-14-26(25(31)34-6-2)21-20(23(29)28(24(21)30)16-10-8-7-9-11-16)22(27-26)18-13-12-17(32-3)15-19(18)33-4/h7-13,15,20-22,27H,5-6,14H2,1-4H3/t20-,21-,22-,26+/m0/s1. The number of hydrogen-bond acceptors (Lipinski definition) is 7. The molecular formula is C26H30N2O6. The van der Waals surface area contributed by atoms with E-state index < -0.39 is 35.3 Å². The summed E-state index contributed by atoms with van der Waals surface area (Å²) in [5, 5.41) is 3.39. The predicted octanol–water partition coefficient (Wildman–Crippen LogP) is 3.26. The Morgan fingerprint density at radius 2 is 1.76 bits per heavy atom. The highest BCUT2D eigenvalue weighted by Crippen LogP contribution is 2.53. The molecule has 34 heavy (non-hydrogen) atoms. The molecule has 180 valence electrons. The molecule has 0 spiro atoms. The number of imide groups is 1. The first-order valence-electron chi connectivity index (χ1n) is 11.5. The van der Waals surface area contributed by atoms with Gasteiger partial charge in [-0.2, -0.15) is 0 Å². The van der Waals surface area contributed by atoms with E-state index in [-0.39, 0.29) is 12.5 Å². The molecule has 1 N–H and O–H groups in total. The van der Waals surface area contributed by atoms with Crippen LogP contribution in [-0.2, 0) is 19.1 Å². The van der Waals surface area contributed by atoms with Gasteiger partial charge in [0.15, 0.2) is 0 Å². The lowest BCUT2D eigenvalue weighted by molar-refractivity contribution is -0.155. The van der Waals surface area contributed by atoms with Crippen LogP contribution in [0.2, 0.25) is 0 Å². The van der Waals surface area contributed by atoms with Crippen molar-refractivity contribution in [3.05, 3.63) is 54.1 Å². The molecule has 0 bridgehead atoms. The smallest absolute Gasteiger partial charge is 0.327 e. The zero-order valence-corrected chi connectivity index (χ0v) is 19.9. The van der Waals surface area contributed by atoms with Crippen LogP contribution in [-0.4, -0.2) is 44.1 Å². The van der Waals surface area contributed by atoms with Crippen molar-refractivity contribution in [2.75, 3.05) is 25.7 Å². The van der Waals surface area contributed by atoms with E-state index in [1.807, 2.05) is 19.1 Å². The maximum atomic E-state index is 13.8. The van der Waals surface area contributed by atoms with Gasteiger partial charge in [0.2, 0.25) is 11.8 Å². The van der Waals surface area contributed by atoms with E-state index in [1.54, 1.807) is 50.4 Å². The van der Waals surface area contributed by atoms with Gasteiger partial charge >= 0.3 is 5.97 Å². The summed E-state index contributed by atoms with van der Waals surface area (Å²) in [5.74, 6) is -1.87. The molecule has 2 aromatic carbocycles. The van der Waals surface area contributed by atoms with Crippen LogP contribution >= 0.6 is 0 Å². The van der Waals surface area contributed by atoms with Crippen molar-refractivity contribution in [1.29, 1.82) is 0 Å². The topological polar surface area (TPSA) is 94.2 Å². The first-order chi connectivity index (χ1) is 16.4. The molecule has 8 heteroatoms. The molecule has 2 aromatic rings. The first kappa shape index (κ1) is 23.8. The molecule has 2 amide bonds. The Balaban J connectivity index is 1.89. The highest BCUT2D eigenvalue weighted by molar-refractivity contribution is 6.24. The van der Waals surface area contributed by atoms with Gasteiger partial charge in [-0.25, -0.2) is 4.90 Å². The highest BCUT2D eigenvalue weighted by Gasteiger charge is 2.68. The lowest BCUT2D eigenvalue weighted by Gasteiger charge is -2.32. The van der Waals surface area contributed by atoms with Gasteiger partial charge in [-0.15, -0.1) is 0 Å². The molecule has 4 rings (SSSR count). The van der Waals surface area contributed by atoms with E-state index in [0.717, 1.165) is 0 Å². The summed E-state index contributed by atoms with van der Waals surface area (Å²) in [6, 6.07) is 13.5. The van der Waals surface area contributed by atoms with Crippen LogP contribution in [0.1, 0.15) is 38.3 Å². The Hall–Kier alpha value is -3.39. The van der Waals surface area contributed by atoms with E-state index in [9.17, 15) is 14.4 Å². The van der Waals surface area contributed by atoms with Crippen molar-refractivity contribution in [3.8, 4) is 11.5 Å². The molecule has 0 aromatic heterocycles. The fraction of sp³-hybridized carbons (Fsp3) is 0.423. The molecule has 2 heterocycles. The van der Waals surface area contributed by atoms with E-state index in [1.165, 1.54) is 12.0 Å². The number of rotatable bonds is 8. The van der Waals surface area contributed by atoms with Gasteiger partial charge in [0.05, 0.1) is 38.3 Å². The third kappa shape index (κ3) is 3.62. The zero-order valence-electron chi connectivity index (χ0n) is 19.9. The summed E-state index contributed by atoms with van der Waals surface area (Å²) >= 11 is 0. The summed E-state index contributed by atoms with van der Waals surface area (Å²) in [7, 11) is 3.09. The molecule has 0 aliphatic carbocycles. The molecule has 8 nitrogen and oxygen atoms in total. The lowest BCUT2D eigenvalue weighted by Crippen LogP contribution is -2.56. The second-order valence-electron chi connectivity index (χ2n) is 8.52. The van der Waals surface area contributed by atoms with E-state index in [2.05, 4.69) is 5.32 Å². The minimum Gasteiger partial charge on any atom is -0.497 e. The predicted molar refractivity (Wildman–Crippen MR) is 126 cm³/mol. The number of carbonyl (C=O) groups is 3. The van der Waals surface area contributed by atoms with Gasteiger partial charge in [-0.05, 0) is 31.5 Å². The van der Waals surface area contributed by atoms with Gasteiger partial charge in [-0.1, -0.05) is 37.6 Å². The molecule has 2 aliphatic heterocycles. The number of para-hydroxylation sites is 1. The number of hydrogen-bond donors (Lipinski definition) is 1. The number of ether oxygens (including phenoxy) is 3. The second kappa shape index (κ2) is 9.46. The van der Waals surface area contributed by atoms with Crippen LogP contribution in [0.15, 0.2) is 48.5 Å². The first-order valence-corrected chi connectivity index (χ1v) is 11.5. The van der Waals surface area contributed by atoms with Gasteiger partial charge in [0.1, 0.15) is 17.0 Å². The summed E-state index contributed by atoms with van der Waals surface area (Å²) in [4.78, 5) is 42.3. The van der Waals surface area contributed by atoms with Crippen LogP contribution < -0.4 is 19.7 Å². The molecule has 2 fully saturated rings. The molecule has 0 radical (unpaired) electrons. The number of fused-ring (bicyclic) bond motifs is 1. The quantitative estimate of drug-likeness (QED) is 0.471. The fourth-order valence-electron chi connectivity index (χ4n) is 5.35. The Morgan fingerprint density at radius 1 is 1.03 bits per heavy atom. The lowest BCUT2D eigenvalue weighted by atomic mass is 9.77. The maximum Gasteiger partial charge on any atom is 0.327 e. The number of benzene rings is 2. The van der Waals surface area contributed by atoms with Crippen molar-refractivity contribution < 1.29 is 28.6 Å². The Bertz CT molecular complexity index is 1090. The van der Waals surface area contributed by atoms with Crippen LogP contribution in [0.3, 0.4) is 0 Å². The molecule has 2 saturated heterocycles. The summed E-state index contributed by atoms with van der Waals surface area (Å²) < 4.78 is 16.4. The number of amides is 2. The summed E-state index contributed by atoms with van der Waals surface area (Å²) in [6.45, 7) is 3.84. The SMILES string of the molecule is CCC[C@@]1(C(=O)OCC)N[C@@H](c2ccc(OC)cc2OC)[C@H]2C(=O)N(c3ccccc3)C(=O)[C@H]21. The average Bonchev–Trinajstić information content (AvgIpc) is 3.33. The van der Waals surface area contributed by atoms with Gasteiger partial charge in [0.25, 0.3) is 0 Å². The normalized spacial score (nSPS) is 25.9. The van der Waals surface area contributed by atoms with Crippen molar-refractivity contribution in [1.82, 2.24) is 5.32 Å². The van der Waals surface area contributed by atoms with Gasteiger partial charge in [-0.3, -0.25) is 19.7 Å². The number of methoxy groups -OCH3 is 2. The summed E-state index contributed by atoms with van der Waals surface area (Å²) in [6.07, 6.45) is 0.970. The molecular weight excluding hydrogens is 436 g/mol. The Morgan fingerprint density at radius 3 is 2.38 bits per heavy atom. The second-order valence-corrected chi connectivity index (χ2v) is 8.52.